The number of carbonyl (C=O) groups is 1. The van der Waals surface area contributed by atoms with Gasteiger partial charge in [-0.3, -0.25) is 10.1 Å². The molecule has 184 valence electrons. The van der Waals surface area contributed by atoms with Crippen LogP contribution in [0.2, 0.25) is 0 Å². The summed E-state index contributed by atoms with van der Waals surface area (Å²) in [6.45, 7) is 3.03. The molecule has 0 aliphatic rings. The molecule has 0 saturated heterocycles. The standard InChI is InChI=1S/C24H26F5N3OS/c1-15(2)14-20(22(33)31-13-12-30)32-21(23(25,26)24(27,28)29)18-6-4-16(5-7-18)17-8-10-19(34-3)11-9-17/h4-11,15,20-21,32H,13-14H2,1-3H3,(H,31,33)/t20-,21-/m0/s1. The van der Waals surface area contributed by atoms with Crippen LogP contribution in [0, 0.1) is 17.2 Å². The highest BCUT2D eigenvalue weighted by molar-refractivity contribution is 7.98. The third kappa shape index (κ3) is 6.93. The fraction of sp³-hybridized carbons (Fsp3) is 0.417. The van der Waals surface area contributed by atoms with E-state index in [-0.39, 0.29) is 24.4 Å². The highest BCUT2D eigenvalue weighted by atomic mass is 32.2. The van der Waals surface area contributed by atoms with Gasteiger partial charge in [-0.15, -0.1) is 11.8 Å². The molecule has 0 saturated carbocycles. The first-order valence-corrected chi connectivity index (χ1v) is 11.7. The predicted molar refractivity (Wildman–Crippen MR) is 122 cm³/mol. The average molecular weight is 500 g/mol. The summed E-state index contributed by atoms with van der Waals surface area (Å²) in [5.74, 6) is -6.15. The number of hydrogen-bond acceptors (Lipinski definition) is 4. The van der Waals surface area contributed by atoms with E-state index in [0.29, 0.717) is 5.56 Å². The molecule has 10 heteroatoms. The van der Waals surface area contributed by atoms with Crippen LogP contribution in [0.3, 0.4) is 0 Å². The Bertz CT molecular complexity index is 986. The van der Waals surface area contributed by atoms with Gasteiger partial charge < -0.3 is 5.32 Å². The minimum atomic E-state index is -5.84. The van der Waals surface area contributed by atoms with Gasteiger partial charge in [0.15, 0.2) is 0 Å². The van der Waals surface area contributed by atoms with Crippen molar-refractivity contribution >= 4 is 17.7 Å². The summed E-state index contributed by atoms with van der Waals surface area (Å²) < 4.78 is 69.4. The Hall–Kier alpha value is -2.64. The van der Waals surface area contributed by atoms with Crippen molar-refractivity contribution in [3.63, 3.8) is 0 Å². The SMILES string of the molecule is CSc1ccc(-c2ccc([C@H](N[C@@H](CC(C)C)C(=O)NCC#N)C(F)(F)C(F)(F)F)cc2)cc1. The van der Waals surface area contributed by atoms with Crippen molar-refractivity contribution in [2.45, 2.75) is 49.3 Å². The zero-order valence-electron chi connectivity index (χ0n) is 18.9. The van der Waals surface area contributed by atoms with Gasteiger partial charge in [0, 0.05) is 4.90 Å². The fourth-order valence-corrected chi connectivity index (χ4v) is 3.81. The molecule has 0 aliphatic heterocycles. The number of thioether (sulfide) groups is 1. The molecule has 0 spiro atoms. The average Bonchev–Trinajstić information content (AvgIpc) is 2.79. The van der Waals surface area contributed by atoms with Crippen LogP contribution in [0.25, 0.3) is 11.1 Å². The minimum Gasteiger partial charge on any atom is -0.342 e. The zero-order chi connectivity index (χ0) is 25.5. The second-order valence-electron chi connectivity index (χ2n) is 8.13. The molecule has 2 atom stereocenters. The number of halogens is 5. The molecule has 2 N–H and O–H groups in total. The molecule has 0 unspecified atom stereocenters. The number of nitriles is 1. The molecule has 0 heterocycles. The largest absolute Gasteiger partial charge is 0.455 e. The van der Waals surface area contributed by atoms with Gasteiger partial charge in [-0.2, -0.15) is 27.2 Å². The van der Waals surface area contributed by atoms with E-state index in [4.69, 9.17) is 5.26 Å². The number of benzene rings is 2. The van der Waals surface area contributed by atoms with Crippen molar-refractivity contribution in [2.24, 2.45) is 5.92 Å². The summed E-state index contributed by atoms with van der Waals surface area (Å²) in [7, 11) is 0. The molecule has 0 fully saturated rings. The van der Waals surface area contributed by atoms with E-state index in [0.717, 1.165) is 10.5 Å². The third-order valence-electron chi connectivity index (χ3n) is 5.14. The first-order valence-electron chi connectivity index (χ1n) is 10.5. The lowest BCUT2D eigenvalue weighted by molar-refractivity contribution is -0.295. The van der Waals surface area contributed by atoms with Crippen molar-refractivity contribution in [3.05, 3.63) is 54.1 Å². The van der Waals surface area contributed by atoms with E-state index in [1.165, 1.54) is 24.3 Å². The number of nitrogens with zero attached hydrogens (tertiary/aromatic N) is 1. The highest BCUT2D eigenvalue weighted by Gasteiger charge is 2.63. The van der Waals surface area contributed by atoms with Crippen molar-refractivity contribution in [1.82, 2.24) is 10.6 Å². The number of carbonyl (C=O) groups excluding carboxylic acids is 1. The Morgan fingerprint density at radius 1 is 1.00 bits per heavy atom. The lowest BCUT2D eigenvalue weighted by Crippen LogP contribution is -2.54. The Morgan fingerprint density at radius 2 is 1.53 bits per heavy atom. The van der Waals surface area contributed by atoms with Crippen molar-refractivity contribution in [1.29, 1.82) is 5.26 Å². The fourth-order valence-electron chi connectivity index (χ4n) is 3.40. The molecule has 2 aromatic rings. The molecule has 4 nitrogen and oxygen atoms in total. The van der Waals surface area contributed by atoms with Gasteiger partial charge >= 0.3 is 12.1 Å². The zero-order valence-corrected chi connectivity index (χ0v) is 19.7. The Balaban J connectivity index is 2.43. The number of nitrogens with one attached hydrogen (secondary N) is 2. The first-order chi connectivity index (χ1) is 15.9. The highest BCUT2D eigenvalue weighted by Crippen LogP contribution is 2.45. The molecular formula is C24H26F5N3OS. The number of hydrogen-bond donors (Lipinski definition) is 2. The van der Waals surface area contributed by atoms with Gasteiger partial charge in [0.1, 0.15) is 12.6 Å². The maximum atomic E-state index is 14.6. The maximum absolute atomic E-state index is 14.6. The number of rotatable bonds is 10. The maximum Gasteiger partial charge on any atom is 0.455 e. The summed E-state index contributed by atoms with van der Waals surface area (Å²) in [6, 6.07) is 10.6. The molecule has 0 aromatic heterocycles. The van der Waals surface area contributed by atoms with Crippen LogP contribution in [0.4, 0.5) is 22.0 Å². The van der Waals surface area contributed by atoms with Crippen molar-refractivity contribution < 1.29 is 26.7 Å². The Morgan fingerprint density at radius 3 is 1.97 bits per heavy atom. The first kappa shape index (κ1) is 27.6. The van der Waals surface area contributed by atoms with Crippen LogP contribution in [0.15, 0.2) is 53.4 Å². The minimum absolute atomic E-state index is 0.00156. The van der Waals surface area contributed by atoms with Crippen LogP contribution >= 0.6 is 11.8 Å². The van der Waals surface area contributed by atoms with Crippen LogP contribution in [-0.2, 0) is 4.79 Å². The molecule has 0 aliphatic carbocycles. The van der Waals surface area contributed by atoms with E-state index < -0.39 is 30.1 Å². The van der Waals surface area contributed by atoms with E-state index in [1.54, 1.807) is 31.7 Å². The van der Waals surface area contributed by atoms with Gasteiger partial charge in [-0.25, -0.2) is 0 Å². The lowest BCUT2D eigenvalue weighted by Gasteiger charge is -2.33. The third-order valence-corrected chi connectivity index (χ3v) is 5.88. The van der Waals surface area contributed by atoms with Crippen LogP contribution in [0.5, 0.6) is 0 Å². The Labute approximate surface area is 199 Å². The van der Waals surface area contributed by atoms with Crippen molar-refractivity contribution in [3.8, 4) is 17.2 Å². The molecule has 1 amide bonds. The quantitative estimate of drug-likeness (QED) is 0.241. The summed E-state index contributed by atoms with van der Waals surface area (Å²) in [5.41, 5.74) is 1.12. The summed E-state index contributed by atoms with van der Waals surface area (Å²) in [5, 5.41) is 13.1. The molecule has 2 rings (SSSR count). The summed E-state index contributed by atoms with van der Waals surface area (Å²) in [4.78, 5) is 13.4. The second kappa shape index (κ2) is 11.7. The second-order valence-corrected chi connectivity index (χ2v) is 9.01. The molecule has 2 aromatic carbocycles. The Kier molecular flexibility index (Phi) is 9.47. The van der Waals surface area contributed by atoms with Crippen LogP contribution in [-0.4, -0.2) is 36.8 Å². The van der Waals surface area contributed by atoms with Gasteiger partial charge in [-0.05, 0) is 47.4 Å². The molecule has 34 heavy (non-hydrogen) atoms. The monoisotopic (exact) mass is 499 g/mol. The van der Waals surface area contributed by atoms with E-state index in [9.17, 15) is 26.7 Å². The van der Waals surface area contributed by atoms with E-state index in [1.807, 2.05) is 30.5 Å². The molecule has 0 bridgehead atoms. The predicted octanol–water partition coefficient (Wildman–Crippen LogP) is 5.96. The number of alkyl halides is 5. The lowest BCUT2D eigenvalue weighted by atomic mass is 9.94. The van der Waals surface area contributed by atoms with Gasteiger partial charge in [0.05, 0.1) is 12.1 Å². The van der Waals surface area contributed by atoms with E-state index >= 15 is 0 Å². The molecular weight excluding hydrogens is 473 g/mol. The van der Waals surface area contributed by atoms with Crippen LogP contribution in [0.1, 0.15) is 31.9 Å². The van der Waals surface area contributed by atoms with Crippen LogP contribution < -0.4 is 10.6 Å². The van der Waals surface area contributed by atoms with Gasteiger partial charge in [0.25, 0.3) is 0 Å². The summed E-state index contributed by atoms with van der Waals surface area (Å²) >= 11 is 1.55. The normalized spacial score (nSPS) is 13.9. The smallest absolute Gasteiger partial charge is 0.342 e. The summed E-state index contributed by atoms with van der Waals surface area (Å²) in [6.07, 6.45) is -3.92. The van der Waals surface area contributed by atoms with Gasteiger partial charge in [0.2, 0.25) is 5.91 Å². The topological polar surface area (TPSA) is 64.9 Å². The van der Waals surface area contributed by atoms with Gasteiger partial charge in [-0.1, -0.05) is 50.2 Å². The number of amides is 1. The van der Waals surface area contributed by atoms with Crippen molar-refractivity contribution in [2.75, 3.05) is 12.8 Å². The van der Waals surface area contributed by atoms with E-state index in [2.05, 4.69) is 10.6 Å². The molecule has 0 radical (unpaired) electrons.